The number of carbonyl (C=O) groups is 2. The molecule has 0 radical (unpaired) electrons. The molecule has 0 bridgehead atoms. The van der Waals surface area contributed by atoms with E-state index in [0.717, 1.165) is 28.9 Å². The van der Waals surface area contributed by atoms with Gasteiger partial charge in [-0.3, -0.25) is 9.59 Å². The van der Waals surface area contributed by atoms with Crippen molar-refractivity contribution in [3.05, 3.63) is 65.2 Å². The molecule has 2 atom stereocenters. The van der Waals surface area contributed by atoms with Gasteiger partial charge in [0.2, 0.25) is 11.8 Å². The zero-order chi connectivity index (χ0) is 21.4. The van der Waals surface area contributed by atoms with Crippen LogP contribution < -0.4 is 10.1 Å². The number of nitrogens with one attached hydrogen (secondary N) is 1. The molecule has 2 aromatic carbocycles. The molecule has 2 amide bonds. The average molecular weight is 397 g/mol. The molecule has 0 aliphatic carbocycles. The van der Waals surface area contributed by atoms with Gasteiger partial charge in [-0.1, -0.05) is 48.9 Å². The number of aryl methyl sites for hydroxylation is 1. The van der Waals surface area contributed by atoms with Gasteiger partial charge in [0.15, 0.2) is 0 Å². The van der Waals surface area contributed by atoms with Crippen LogP contribution in [0, 0.1) is 6.92 Å². The maximum absolute atomic E-state index is 13.2. The number of benzene rings is 2. The molecule has 29 heavy (non-hydrogen) atoms. The molecule has 0 unspecified atom stereocenters. The van der Waals surface area contributed by atoms with Gasteiger partial charge in [0, 0.05) is 12.6 Å². The first kappa shape index (κ1) is 22.5. The zero-order valence-corrected chi connectivity index (χ0v) is 18.1. The van der Waals surface area contributed by atoms with Gasteiger partial charge in [-0.05, 0) is 50.5 Å². The molecule has 0 saturated carbocycles. The third-order valence-electron chi connectivity index (χ3n) is 5.12. The second kappa shape index (κ2) is 10.6. The third-order valence-corrected chi connectivity index (χ3v) is 5.12. The van der Waals surface area contributed by atoms with Crippen LogP contribution in [0.3, 0.4) is 0 Å². The highest BCUT2D eigenvalue weighted by molar-refractivity contribution is 5.88. The Kier molecular flexibility index (Phi) is 8.25. The molecule has 0 fully saturated rings. The van der Waals surface area contributed by atoms with Crippen LogP contribution in [0.4, 0.5) is 0 Å². The van der Waals surface area contributed by atoms with Crippen molar-refractivity contribution in [3.63, 3.8) is 0 Å². The highest BCUT2D eigenvalue weighted by atomic mass is 16.5. The van der Waals surface area contributed by atoms with Crippen LogP contribution in [0.15, 0.2) is 48.5 Å². The molecule has 5 heteroatoms. The van der Waals surface area contributed by atoms with Crippen LogP contribution in [0.2, 0.25) is 0 Å². The van der Waals surface area contributed by atoms with Crippen molar-refractivity contribution >= 4 is 11.8 Å². The molecule has 0 aliphatic rings. The minimum Gasteiger partial charge on any atom is -0.497 e. The first-order chi connectivity index (χ1) is 13.8. The van der Waals surface area contributed by atoms with Gasteiger partial charge in [0.1, 0.15) is 11.8 Å². The number of carbonyl (C=O) groups excluding carboxylic acids is 2. The highest BCUT2D eigenvalue weighted by Crippen LogP contribution is 2.16. The summed E-state index contributed by atoms with van der Waals surface area (Å²) in [5, 5.41) is 2.99. The Hall–Kier alpha value is -2.82. The maximum Gasteiger partial charge on any atom is 0.242 e. The summed E-state index contributed by atoms with van der Waals surface area (Å²) in [5.41, 5.74) is 3.01. The number of hydrogen-bond donors (Lipinski definition) is 1. The summed E-state index contributed by atoms with van der Waals surface area (Å²) in [6.07, 6.45) is 1.10. The second-order valence-electron chi connectivity index (χ2n) is 7.53. The Labute approximate surface area is 174 Å². The molecule has 0 aromatic heterocycles. The van der Waals surface area contributed by atoms with Crippen LogP contribution in [-0.4, -0.2) is 35.9 Å². The largest absolute Gasteiger partial charge is 0.497 e. The van der Waals surface area contributed by atoms with Gasteiger partial charge >= 0.3 is 0 Å². The third kappa shape index (κ3) is 6.63. The lowest BCUT2D eigenvalue weighted by molar-refractivity contribution is -0.140. The first-order valence-electron chi connectivity index (χ1n) is 10.1. The van der Waals surface area contributed by atoms with Crippen LogP contribution in [0.1, 0.15) is 43.9 Å². The van der Waals surface area contributed by atoms with Crippen molar-refractivity contribution in [1.82, 2.24) is 10.2 Å². The van der Waals surface area contributed by atoms with Crippen molar-refractivity contribution in [2.45, 2.75) is 59.2 Å². The van der Waals surface area contributed by atoms with Crippen molar-refractivity contribution in [3.8, 4) is 5.75 Å². The van der Waals surface area contributed by atoms with E-state index < -0.39 is 6.04 Å². The fourth-order valence-electron chi connectivity index (χ4n) is 3.07. The van der Waals surface area contributed by atoms with Crippen LogP contribution in [0.25, 0.3) is 0 Å². The van der Waals surface area contributed by atoms with Crippen molar-refractivity contribution in [2.75, 3.05) is 7.11 Å². The molecule has 156 valence electrons. The van der Waals surface area contributed by atoms with E-state index in [1.165, 1.54) is 0 Å². The van der Waals surface area contributed by atoms with Gasteiger partial charge in [0.25, 0.3) is 0 Å². The molecule has 0 spiro atoms. The van der Waals surface area contributed by atoms with E-state index in [1.807, 2.05) is 69.3 Å². The lowest BCUT2D eigenvalue weighted by Crippen LogP contribution is -2.49. The number of hydrogen-bond acceptors (Lipinski definition) is 3. The Morgan fingerprint density at radius 1 is 1.07 bits per heavy atom. The molecule has 2 rings (SSSR count). The molecule has 5 nitrogen and oxygen atoms in total. The lowest BCUT2D eigenvalue weighted by atomic mass is 10.1. The first-order valence-corrected chi connectivity index (χ1v) is 10.1. The summed E-state index contributed by atoms with van der Waals surface area (Å²) in [4.78, 5) is 27.6. The van der Waals surface area contributed by atoms with Crippen LogP contribution >= 0.6 is 0 Å². The van der Waals surface area contributed by atoms with Crippen LogP contribution in [-0.2, 0) is 22.6 Å². The van der Waals surface area contributed by atoms with Gasteiger partial charge in [0.05, 0.1) is 13.5 Å². The molecule has 0 aliphatic heterocycles. The fourth-order valence-corrected chi connectivity index (χ4v) is 3.07. The van der Waals surface area contributed by atoms with E-state index in [2.05, 4.69) is 5.32 Å². The summed E-state index contributed by atoms with van der Waals surface area (Å²) in [6.45, 7) is 8.14. The quantitative estimate of drug-likeness (QED) is 0.700. The second-order valence-corrected chi connectivity index (χ2v) is 7.53. The number of rotatable bonds is 9. The van der Waals surface area contributed by atoms with E-state index in [9.17, 15) is 9.59 Å². The molecule has 0 heterocycles. The minimum atomic E-state index is -0.566. The smallest absolute Gasteiger partial charge is 0.242 e. The van der Waals surface area contributed by atoms with Crippen LogP contribution in [0.5, 0.6) is 5.75 Å². The standard InChI is InChI=1S/C24H32N2O3/c1-6-18(3)25-24(28)19(4)26(16-20-10-12-22(29-5)13-11-20)23(27)15-21-9-7-8-17(2)14-21/h7-14,18-19H,6,15-16H2,1-5H3,(H,25,28)/t18-,19-/m1/s1. The SMILES string of the molecule is CC[C@@H](C)NC(=O)[C@@H](C)N(Cc1ccc(OC)cc1)C(=O)Cc1cccc(C)c1. The van der Waals surface area contributed by atoms with Crippen molar-refractivity contribution in [1.29, 1.82) is 0 Å². The van der Waals surface area contributed by atoms with E-state index in [4.69, 9.17) is 4.74 Å². The predicted molar refractivity (Wildman–Crippen MR) is 116 cm³/mol. The molecular weight excluding hydrogens is 364 g/mol. The van der Waals surface area contributed by atoms with E-state index >= 15 is 0 Å². The Morgan fingerprint density at radius 2 is 1.76 bits per heavy atom. The number of ether oxygens (including phenoxy) is 1. The Morgan fingerprint density at radius 3 is 2.34 bits per heavy atom. The summed E-state index contributed by atoms with van der Waals surface area (Å²) in [6, 6.07) is 15.0. The van der Waals surface area contributed by atoms with Gasteiger partial charge in [-0.2, -0.15) is 0 Å². The van der Waals surface area contributed by atoms with Gasteiger partial charge < -0.3 is 15.0 Å². The Bertz CT molecular complexity index is 817. The van der Waals surface area contributed by atoms with E-state index in [1.54, 1.807) is 18.9 Å². The van der Waals surface area contributed by atoms with E-state index in [0.29, 0.717) is 6.54 Å². The minimum absolute atomic E-state index is 0.0691. The van der Waals surface area contributed by atoms with Gasteiger partial charge in [-0.15, -0.1) is 0 Å². The number of amides is 2. The zero-order valence-electron chi connectivity index (χ0n) is 18.1. The Balaban J connectivity index is 2.22. The summed E-state index contributed by atoms with van der Waals surface area (Å²) in [7, 11) is 1.62. The fraction of sp³-hybridized carbons (Fsp3) is 0.417. The van der Waals surface area contributed by atoms with Gasteiger partial charge in [-0.25, -0.2) is 0 Å². The maximum atomic E-state index is 13.2. The monoisotopic (exact) mass is 396 g/mol. The summed E-state index contributed by atoms with van der Waals surface area (Å²) < 4.78 is 5.21. The molecule has 2 aromatic rings. The van der Waals surface area contributed by atoms with Crippen molar-refractivity contribution in [2.24, 2.45) is 0 Å². The molecule has 0 saturated heterocycles. The molecule has 1 N–H and O–H groups in total. The topological polar surface area (TPSA) is 58.6 Å². The average Bonchev–Trinajstić information content (AvgIpc) is 2.71. The summed E-state index contributed by atoms with van der Waals surface area (Å²) >= 11 is 0. The highest BCUT2D eigenvalue weighted by Gasteiger charge is 2.26. The molecular formula is C24H32N2O3. The lowest BCUT2D eigenvalue weighted by Gasteiger charge is -2.30. The normalized spacial score (nSPS) is 12.7. The predicted octanol–water partition coefficient (Wildman–Crippen LogP) is 3.88. The van der Waals surface area contributed by atoms with Crippen molar-refractivity contribution < 1.29 is 14.3 Å². The number of nitrogens with zero attached hydrogens (tertiary/aromatic N) is 1. The number of methoxy groups -OCH3 is 1. The van der Waals surface area contributed by atoms with E-state index in [-0.39, 0.29) is 24.3 Å². The summed E-state index contributed by atoms with van der Waals surface area (Å²) in [5.74, 6) is 0.553.